The van der Waals surface area contributed by atoms with Gasteiger partial charge in [0.1, 0.15) is 6.29 Å². The number of fused-ring (bicyclic) bond motifs is 1. The second kappa shape index (κ2) is 6.89. The van der Waals surface area contributed by atoms with Gasteiger partial charge in [-0.2, -0.15) is 0 Å². The molecule has 1 aliphatic carbocycles. The average Bonchev–Trinajstić information content (AvgIpc) is 2.77. The van der Waals surface area contributed by atoms with E-state index < -0.39 is 11.0 Å². The van der Waals surface area contributed by atoms with E-state index in [0.29, 0.717) is 12.8 Å². The van der Waals surface area contributed by atoms with E-state index in [9.17, 15) is 9.90 Å². The second-order valence-electron chi connectivity index (χ2n) is 8.47. The Morgan fingerprint density at radius 1 is 0.900 bits per heavy atom. The largest absolute Gasteiger partial charge is 0.385 e. The van der Waals surface area contributed by atoms with Crippen LogP contribution in [-0.2, 0) is 15.8 Å². The number of hydrogen-bond acceptors (Lipinski definition) is 3. The highest BCUT2D eigenvalue weighted by molar-refractivity contribution is 5.92. The molecular weight excluding hydrogens is 370 g/mol. The Labute approximate surface area is 176 Å². The van der Waals surface area contributed by atoms with Crippen LogP contribution in [0.2, 0.25) is 0 Å². The molecule has 4 aromatic rings. The summed E-state index contributed by atoms with van der Waals surface area (Å²) in [6, 6.07) is 28.0. The summed E-state index contributed by atoms with van der Waals surface area (Å²) in [7, 11) is 0. The molecule has 0 spiro atoms. The highest BCUT2D eigenvalue weighted by atomic mass is 16.3. The fourth-order valence-corrected chi connectivity index (χ4v) is 4.78. The van der Waals surface area contributed by atoms with Gasteiger partial charge in [-0.25, -0.2) is 0 Å². The first kappa shape index (κ1) is 18.7. The van der Waals surface area contributed by atoms with Crippen molar-refractivity contribution in [1.82, 2.24) is 4.98 Å². The Hall–Kier alpha value is -3.30. The minimum atomic E-state index is -1.01. The van der Waals surface area contributed by atoms with Gasteiger partial charge in [0.2, 0.25) is 0 Å². The third-order valence-corrected chi connectivity index (χ3v) is 6.28. The summed E-state index contributed by atoms with van der Waals surface area (Å²) < 4.78 is 0. The Morgan fingerprint density at radius 3 is 2.37 bits per heavy atom. The number of aryl methyl sites for hydroxylation is 1. The van der Waals surface area contributed by atoms with Crippen molar-refractivity contribution in [2.75, 3.05) is 0 Å². The fraction of sp³-hybridized carbons (Fsp3) is 0.185. The minimum Gasteiger partial charge on any atom is -0.385 e. The fourth-order valence-electron chi connectivity index (χ4n) is 4.78. The summed E-state index contributed by atoms with van der Waals surface area (Å²) >= 11 is 0. The molecule has 0 atom stereocenters. The third kappa shape index (κ3) is 2.94. The molecule has 0 amide bonds. The maximum atomic E-state index is 12.4. The molecule has 1 fully saturated rings. The first-order valence-corrected chi connectivity index (χ1v) is 10.2. The van der Waals surface area contributed by atoms with Gasteiger partial charge in [-0.1, -0.05) is 78.4 Å². The lowest BCUT2D eigenvalue weighted by molar-refractivity contribution is -0.136. The van der Waals surface area contributed by atoms with Gasteiger partial charge in [0, 0.05) is 10.9 Å². The van der Waals surface area contributed by atoms with Crippen molar-refractivity contribution in [3.05, 3.63) is 102 Å². The number of carbonyl (C=O) groups is 1. The zero-order valence-corrected chi connectivity index (χ0v) is 16.9. The lowest BCUT2D eigenvalue weighted by atomic mass is 9.55. The molecule has 1 heterocycles. The van der Waals surface area contributed by atoms with Gasteiger partial charge < -0.3 is 9.90 Å². The maximum absolute atomic E-state index is 12.4. The predicted molar refractivity (Wildman–Crippen MR) is 119 cm³/mol. The molecule has 1 aliphatic rings. The highest BCUT2D eigenvalue weighted by Gasteiger charge is 2.57. The molecule has 0 unspecified atom stereocenters. The summed E-state index contributed by atoms with van der Waals surface area (Å²) in [6.07, 6.45) is 1.66. The van der Waals surface area contributed by atoms with Crippen LogP contribution in [0.15, 0.2) is 84.9 Å². The Bertz CT molecular complexity index is 1240. The summed E-state index contributed by atoms with van der Waals surface area (Å²) in [5.41, 5.74) is 2.84. The number of pyridine rings is 1. The Kier molecular flexibility index (Phi) is 4.30. The maximum Gasteiger partial charge on any atom is 0.132 e. The topological polar surface area (TPSA) is 50.2 Å². The average molecular weight is 393 g/mol. The first-order chi connectivity index (χ1) is 14.5. The van der Waals surface area contributed by atoms with Gasteiger partial charge >= 0.3 is 0 Å². The number of rotatable bonds is 4. The van der Waals surface area contributed by atoms with Crippen LogP contribution in [0, 0.1) is 6.92 Å². The molecule has 3 nitrogen and oxygen atoms in total. The van der Waals surface area contributed by atoms with Crippen LogP contribution >= 0.6 is 0 Å². The third-order valence-electron chi connectivity index (χ3n) is 6.28. The molecule has 1 N–H and O–H groups in total. The van der Waals surface area contributed by atoms with E-state index in [1.54, 1.807) is 0 Å². The zero-order valence-electron chi connectivity index (χ0n) is 16.9. The van der Waals surface area contributed by atoms with Crippen LogP contribution in [0.25, 0.3) is 22.0 Å². The van der Waals surface area contributed by atoms with Crippen LogP contribution in [-0.4, -0.2) is 16.4 Å². The van der Waals surface area contributed by atoms with Gasteiger partial charge in [0.05, 0.1) is 22.4 Å². The molecule has 0 saturated heterocycles. The lowest BCUT2D eigenvalue weighted by Crippen LogP contribution is -2.54. The highest BCUT2D eigenvalue weighted by Crippen LogP contribution is 2.55. The number of aliphatic hydroxyl groups is 1. The Balaban J connectivity index is 1.65. The van der Waals surface area contributed by atoms with Crippen molar-refractivity contribution in [3.8, 4) is 11.3 Å². The SMILES string of the molecule is Cc1cccc(-c2cc3ccccc3c(C3(C=O)CC(O)(c4ccccc4)C3)n2)c1. The van der Waals surface area contributed by atoms with Crippen molar-refractivity contribution >= 4 is 17.1 Å². The van der Waals surface area contributed by atoms with Crippen molar-refractivity contribution in [3.63, 3.8) is 0 Å². The van der Waals surface area contributed by atoms with Gasteiger partial charge in [0.25, 0.3) is 0 Å². The van der Waals surface area contributed by atoms with Crippen molar-refractivity contribution in [2.24, 2.45) is 0 Å². The molecule has 0 radical (unpaired) electrons. The summed E-state index contributed by atoms with van der Waals surface area (Å²) in [6.45, 7) is 2.06. The van der Waals surface area contributed by atoms with Crippen molar-refractivity contribution in [1.29, 1.82) is 0 Å². The number of aromatic nitrogens is 1. The number of aldehydes is 1. The van der Waals surface area contributed by atoms with Gasteiger partial charge in [0.15, 0.2) is 0 Å². The first-order valence-electron chi connectivity index (χ1n) is 10.2. The van der Waals surface area contributed by atoms with E-state index in [-0.39, 0.29) is 0 Å². The van der Waals surface area contributed by atoms with E-state index in [1.165, 1.54) is 0 Å². The standard InChI is InChI=1S/C27H23NO2/c1-19-8-7-10-21(14-19)24-15-20-9-5-6-13-23(20)25(28-24)26(18-29)16-27(30,17-26)22-11-3-2-4-12-22/h2-15,18,30H,16-17H2,1H3. The van der Waals surface area contributed by atoms with Crippen molar-refractivity contribution < 1.29 is 9.90 Å². The zero-order chi connectivity index (χ0) is 20.8. The van der Waals surface area contributed by atoms with Gasteiger partial charge in [-0.15, -0.1) is 0 Å². The second-order valence-corrected chi connectivity index (χ2v) is 8.47. The molecule has 3 heteroatoms. The molecule has 3 aromatic carbocycles. The van der Waals surface area contributed by atoms with E-state index in [0.717, 1.165) is 45.1 Å². The molecule has 0 aliphatic heterocycles. The summed E-state index contributed by atoms with van der Waals surface area (Å²) in [4.78, 5) is 17.4. The Morgan fingerprint density at radius 2 is 1.63 bits per heavy atom. The van der Waals surface area contributed by atoms with E-state index in [2.05, 4.69) is 31.2 Å². The molecule has 148 valence electrons. The van der Waals surface area contributed by atoms with Crippen LogP contribution < -0.4 is 0 Å². The lowest BCUT2D eigenvalue weighted by Gasteiger charge is -2.50. The predicted octanol–water partition coefficient (Wildman–Crippen LogP) is 5.33. The van der Waals surface area contributed by atoms with Crippen LogP contribution in [0.3, 0.4) is 0 Å². The van der Waals surface area contributed by atoms with Gasteiger partial charge in [-0.3, -0.25) is 4.98 Å². The molecule has 0 bridgehead atoms. The normalized spacial score (nSPS) is 23.1. The van der Waals surface area contributed by atoms with Crippen LogP contribution in [0.4, 0.5) is 0 Å². The number of carbonyl (C=O) groups excluding carboxylic acids is 1. The van der Waals surface area contributed by atoms with Gasteiger partial charge in [-0.05, 0) is 42.8 Å². The minimum absolute atomic E-state index is 0.335. The number of benzene rings is 3. The summed E-state index contributed by atoms with van der Waals surface area (Å²) in [5.74, 6) is 0. The number of hydrogen-bond donors (Lipinski definition) is 1. The van der Waals surface area contributed by atoms with Crippen molar-refractivity contribution in [2.45, 2.75) is 30.8 Å². The van der Waals surface area contributed by atoms with Crippen LogP contribution in [0.5, 0.6) is 0 Å². The molecule has 1 saturated carbocycles. The van der Waals surface area contributed by atoms with E-state index >= 15 is 0 Å². The number of nitrogens with zero attached hydrogens (tertiary/aromatic N) is 1. The van der Waals surface area contributed by atoms with Crippen LogP contribution in [0.1, 0.15) is 29.7 Å². The summed E-state index contributed by atoms with van der Waals surface area (Å²) in [5, 5.41) is 13.2. The molecule has 5 rings (SSSR count). The molecular formula is C27H23NO2. The quantitative estimate of drug-likeness (QED) is 0.477. The van der Waals surface area contributed by atoms with E-state index in [1.807, 2.05) is 60.7 Å². The molecule has 30 heavy (non-hydrogen) atoms. The molecule has 1 aromatic heterocycles. The van der Waals surface area contributed by atoms with E-state index in [4.69, 9.17) is 4.98 Å². The smallest absolute Gasteiger partial charge is 0.132 e. The monoisotopic (exact) mass is 393 g/mol.